The molecule has 3 unspecified atom stereocenters. The van der Waals surface area contributed by atoms with Crippen LogP contribution in [0.4, 0.5) is 0 Å². The van der Waals surface area contributed by atoms with E-state index in [1.807, 2.05) is 36.4 Å². The van der Waals surface area contributed by atoms with Crippen molar-refractivity contribution in [1.29, 1.82) is 0 Å². The SMILES string of the molecule is CC1Cc2nc3ccccc3cc2C(C)(c2ccccc2O)C1(C)N.Cl. The molecular weight excluding hydrogens is 344 g/mol. The predicted molar refractivity (Wildman–Crippen MR) is 109 cm³/mol. The molecule has 0 fully saturated rings. The molecule has 4 heteroatoms. The van der Waals surface area contributed by atoms with E-state index in [0.29, 0.717) is 0 Å². The summed E-state index contributed by atoms with van der Waals surface area (Å²) in [5.74, 6) is 0.521. The van der Waals surface area contributed by atoms with Crippen LogP contribution < -0.4 is 5.73 Å². The summed E-state index contributed by atoms with van der Waals surface area (Å²) >= 11 is 0. The van der Waals surface area contributed by atoms with Crippen LogP contribution >= 0.6 is 12.4 Å². The second-order valence-corrected chi connectivity index (χ2v) is 7.71. The normalized spacial score (nSPS) is 27.6. The molecule has 1 aromatic heterocycles. The van der Waals surface area contributed by atoms with Crippen LogP contribution in [0, 0.1) is 5.92 Å². The number of pyridine rings is 1. The molecule has 0 radical (unpaired) electrons. The lowest BCUT2D eigenvalue weighted by Gasteiger charge is -2.52. The van der Waals surface area contributed by atoms with Crippen LogP contribution in [0.2, 0.25) is 0 Å². The first-order chi connectivity index (χ1) is 11.9. The van der Waals surface area contributed by atoms with E-state index in [2.05, 4.69) is 32.9 Å². The number of hydrogen-bond acceptors (Lipinski definition) is 3. The Hall–Kier alpha value is -2.10. The van der Waals surface area contributed by atoms with Crippen LogP contribution in [0.1, 0.15) is 37.6 Å². The molecular formula is C22H25ClN2O. The lowest BCUT2D eigenvalue weighted by atomic mass is 9.54. The molecule has 4 rings (SSSR count). The van der Waals surface area contributed by atoms with Gasteiger partial charge in [-0.15, -0.1) is 12.4 Å². The molecule has 136 valence electrons. The monoisotopic (exact) mass is 368 g/mol. The number of halogens is 1. The first-order valence-electron chi connectivity index (χ1n) is 8.82. The quantitative estimate of drug-likeness (QED) is 0.661. The molecule has 0 bridgehead atoms. The Kier molecular flexibility index (Phi) is 4.50. The minimum atomic E-state index is -0.525. The fourth-order valence-electron chi connectivity index (χ4n) is 4.36. The van der Waals surface area contributed by atoms with Crippen molar-refractivity contribution in [3.63, 3.8) is 0 Å². The zero-order chi connectivity index (χ0) is 17.8. The second-order valence-electron chi connectivity index (χ2n) is 7.71. The maximum Gasteiger partial charge on any atom is 0.119 e. The van der Waals surface area contributed by atoms with Gasteiger partial charge in [-0.2, -0.15) is 0 Å². The molecule has 26 heavy (non-hydrogen) atoms. The van der Waals surface area contributed by atoms with E-state index < -0.39 is 11.0 Å². The van der Waals surface area contributed by atoms with E-state index in [0.717, 1.165) is 34.1 Å². The highest BCUT2D eigenvalue weighted by molar-refractivity contribution is 5.85. The maximum absolute atomic E-state index is 10.6. The third-order valence-electron chi connectivity index (χ3n) is 6.38. The molecule has 3 N–H and O–H groups in total. The van der Waals surface area contributed by atoms with Crippen molar-refractivity contribution in [1.82, 2.24) is 4.98 Å². The lowest BCUT2D eigenvalue weighted by Crippen LogP contribution is -2.62. The van der Waals surface area contributed by atoms with Crippen molar-refractivity contribution in [2.24, 2.45) is 11.7 Å². The largest absolute Gasteiger partial charge is 0.508 e. The summed E-state index contributed by atoms with van der Waals surface area (Å²) in [6.45, 7) is 6.42. The molecule has 0 amide bonds. The highest BCUT2D eigenvalue weighted by Crippen LogP contribution is 2.51. The molecule has 1 aliphatic rings. The fourth-order valence-corrected chi connectivity index (χ4v) is 4.36. The zero-order valence-electron chi connectivity index (χ0n) is 15.4. The molecule has 2 aromatic carbocycles. The topological polar surface area (TPSA) is 59.1 Å². The van der Waals surface area contributed by atoms with Crippen molar-refractivity contribution >= 4 is 23.3 Å². The summed E-state index contributed by atoms with van der Waals surface area (Å²) in [5.41, 5.74) is 9.96. The first kappa shape index (κ1) is 18.7. The van der Waals surface area contributed by atoms with Gasteiger partial charge >= 0.3 is 0 Å². The number of rotatable bonds is 1. The van der Waals surface area contributed by atoms with Gasteiger partial charge in [-0.25, -0.2) is 0 Å². The van der Waals surface area contributed by atoms with Gasteiger partial charge in [0, 0.05) is 27.6 Å². The van der Waals surface area contributed by atoms with Crippen LogP contribution in [-0.4, -0.2) is 15.6 Å². The van der Waals surface area contributed by atoms with Crippen molar-refractivity contribution < 1.29 is 5.11 Å². The fraction of sp³-hybridized carbons (Fsp3) is 0.318. The standard InChI is InChI=1S/C22H24N2O.ClH/c1-14-12-19-17(13-15-8-4-6-10-18(15)24-19)21(2,22(14,3)23)16-9-5-7-11-20(16)25;/h4-11,13-14,25H,12,23H2,1-3H3;1H. The molecule has 0 aliphatic heterocycles. The third kappa shape index (κ3) is 2.42. The lowest BCUT2D eigenvalue weighted by molar-refractivity contribution is 0.185. The Morgan fingerprint density at radius 1 is 1.04 bits per heavy atom. The molecule has 3 aromatic rings. The van der Waals surface area contributed by atoms with Gasteiger partial charge in [-0.3, -0.25) is 4.98 Å². The smallest absolute Gasteiger partial charge is 0.119 e. The number of phenols is 1. The highest BCUT2D eigenvalue weighted by Gasteiger charge is 2.53. The van der Waals surface area contributed by atoms with Crippen LogP contribution in [0.15, 0.2) is 54.6 Å². The molecule has 3 atom stereocenters. The number of benzene rings is 2. The average molecular weight is 369 g/mol. The Morgan fingerprint density at radius 2 is 1.69 bits per heavy atom. The highest BCUT2D eigenvalue weighted by atomic mass is 35.5. The van der Waals surface area contributed by atoms with Crippen molar-refractivity contribution in [2.75, 3.05) is 0 Å². The summed E-state index contributed by atoms with van der Waals surface area (Å²) in [4.78, 5) is 4.95. The van der Waals surface area contributed by atoms with E-state index in [4.69, 9.17) is 10.7 Å². The van der Waals surface area contributed by atoms with Crippen LogP contribution in [0.25, 0.3) is 10.9 Å². The zero-order valence-corrected chi connectivity index (χ0v) is 16.2. The van der Waals surface area contributed by atoms with E-state index in [-0.39, 0.29) is 24.1 Å². The summed E-state index contributed by atoms with van der Waals surface area (Å²) in [5, 5.41) is 11.7. The number of hydrogen-bond donors (Lipinski definition) is 2. The van der Waals surface area contributed by atoms with E-state index in [9.17, 15) is 5.11 Å². The number of nitrogens with zero attached hydrogens (tertiary/aromatic N) is 1. The van der Waals surface area contributed by atoms with Gasteiger partial charge in [0.05, 0.1) is 5.52 Å². The molecule has 1 heterocycles. The van der Waals surface area contributed by atoms with Gasteiger partial charge in [-0.1, -0.05) is 43.3 Å². The molecule has 0 saturated carbocycles. The van der Waals surface area contributed by atoms with E-state index in [1.165, 1.54) is 0 Å². The molecule has 3 nitrogen and oxygen atoms in total. The van der Waals surface area contributed by atoms with Gasteiger partial charge in [0.25, 0.3) is 0 Å². The average Bonchev–Trinajstić information content (AvgIpc) is 2.59. The first-order valence-corrected chi connectivity index (χ1v) is 8.82. The Labute approximate surface area is 160 Å². The summed E-state index contributed by atoms with van der Waals surface area (Å²) in [7, 11) is 0. The maximum atomic E-state index is 10.6. The minimum Gasteiger partial charge on any atom is -0.508 e. The van der Waals surface area contributed by atoms with Crippen molar-refractivity contribution in [2.45, 2.75) is 38.1 Å². The molecule has 1 aliphatic carbocycles. The number of para-hydroxylation sites is 2. The molecule has 0 spiro atoms. The van der Waals surface area contributed by atoms with Gasteiger partial charge in [0.1, 0.15) is 5.75 Å². The van der Waals surface area contributed by atoms with E-state index >= 15 is 0 Å². The number of aromatic nitrogens is 1. The van der Waals surface area contributed by atoms with Gasteiger partial charge in [0.15, 0.2) is 0 Å². The summed E-state index contributed by atoms with van der Waals surface area (Å²) < 4.78 is 0. The van der Waals surface area contributed by atoms with Crippen LogP contribution in [-0.2, 0) is 11.8 Å². The Morgan fingerprint density at radius 3 is 2.42 bits per heavy atom. The number of fused-ring (bicyclic) bond motifs is 2. The number of nitrogens with two attached hydrogens (primary N) is 1. The number of phenolic OH excluding ortho intramolecular Hbond substituents is 1. The number of aromatic hydroxyl groups is 1. The Bertz CT molecular complexity index is 969. The predicted octanol–water partition coefficient (Wildman–Crippen LogP) is 4.58. The third-order valence-corrected chi connectivity index (χ3v) is 6.38. The van der Waals surface area contributed by atoms with E-state index in [1.54, 1.807) is 6.07 Å². The van der Waals surface area contributed by atoms with Gasteiger partial charge in [0.2, 0.25) is 0 Å². The molecule has 0 saturated heterocycles. The van der Waals surface area contributed by atoms with Gasteiger partial charge < -0.3 is 10.8 Å². The van der Waals surface area contributed by atoms with Gasteiger partial charge in [-0.05, 0) is 49.9 Å². The minimum absolute atomic E-state index is 0. The summed E-state index contributed by atoms with van der Waals surface area (Å²) in [6, 6.07) is 17.9. The summed E-state index contributed by atoms with van der Waals surface area (Å²) in [6.07, 6.45) is 0.844. The second kappa shape index (κ2) is 6.26. The van der Waals surface area contributed by atoms with Crippen molar-refractivity contribution in [3.8, 4) is 5.75 Å². The van der Waals surface area contributed by atoms with Crippen LogP contribution in [0.5, 0.6) is 5.75 Å². The Balaban J connectivity index is 0.00000196. The van der Waals surface area contributed by atoms with Crippen LogP contribution in [0.3, 0.4) is 0 Å². The van der Waals surface area contributed by atoms with Crippen molar-refractivity contribution in [3.05, 3.63) is 71.4 Å².